The zero-order valence-corrected chi connectivity index (χ0v) is 28.8. The summed E-state index contributed by atoms with van der Waals surface area (Å²) in [5, 5.41) is 3.70. The van der Waals surface area contributed by atoms with Crippen molar-refractivity contribution in [2.24, 2.45) is 0 Å². The molecule has 2 aromatic carbocycles. The van der Waals surface area contributed by atoms with E-state index < -0.39 is 24.7 Å². The first-order valence-electron chi connectivity index (χ1n) is 14.5. The maximum atomic E-state index is 6.97. The maximum absolute atomic E-state index is 6.97. The second-order valence-corrected chi connectivity index (χ2v) is 29.0. The monoisotopic (exact) mass is 552 g/mol. The lowest BCUT2D eigenvalue weighted by Crippen LogP contribution is -2.55. The molecule has 5 heteroatoms. The van der Waals surface area contributed by atoms with Crippen LogP contribution in [0.25, 0.3) is 0 Å². The molecule has 4 rings (SSSR count). The molecule has 204 valence electrons. The van der Waals surface area contributed by atoms with Crippen LogP contribution < -0.4 is 10.4 Å². The van der Waals surface area contributed by atoms with Crippen LogP contribution in [0.2, 0.25) is 49.4 Å². The van der Waals surface area contributed by atoms with E-state index in [1.165, 1.54) is 11.1 Å². The van der Waals surface area contributed by atoms with Crippen LogP contribution in [0, 0.1) is 0 Å². The molecule has 0 aliphatic heterocycles. The lowest BCUT2D eigenvalue weighted by molar-refractivity contribution is 0.185. The summed E-state index contributed by atoms with van der Waals surface area (Å²) in [5.74, 6) is 0. The zero-order valence-electron chi connectivity index (χ0n) is 25.8. The van der Waals surface area contributed by atoms with Crippen LogP contribution in [-0.4, -0.2) is 24.7 Å². The Balaban J connectivity index is 1.68. The SMILES string of the molecule is CC(C)(C)[Si](C)(C)OC1CCc2c1cccc2[Si](C)(C)c1cccc2c1CCC2O[Si](C)(C)C(C)(C)C. The van der Waals surface area contributed by atoms with Gasteiger partial charge >= 0.3 is 0 Å². The van der Waals surface area contributed by atoms with Crippen molar-refractivity contribution in [2.45, 2.75) is 129 Å². The molecule has 2 unspecified atom stereocenters. The Labute approximate surface area is 230 Å². The van der Waals surface area contributed by atoms with Crippen LogP contribution in [0.1, 0.15) is 88.8 Å². The van der Waals surface area contributed by atoms with Gasteiger partial charge in [0.15, 0.2) is 16.6 Å². The summed E-state index contributed by atoms with van der Waals surface area (Å²) in [6.07, 6.45) is 5.05. The first-order valence-corrected chi connectivity index (χ1v) is 23.3. The van der Waals surface area contributed by atoms with E-state index >= 15 is 0 Å². The normalized spacial score (nSPS) is 20.8. The van der Waals surface area contributed by atoms with Gasteiger partial charge < -0.3 is 8.85 Å². The van der Waals surface area contributed by atoms with Crippen molar-refractivity contribution in [3.8, 4) is 0 Å². The summed E-state index contributed by atoms with van der Waals surface area (Å²) < 4.78 is 13.9. The summed E-state index contributed by atoms with van der Waals surface area (Å²) in [6, 6.07) is 14.2. The molecule has 0 spiro atoms. The van der Waals surface area contributed by atoms with Gasteiger partial charge in [0, 0.05) is 0 Å². The van der Waals surface area contributed by atoms with Crippen LogP contribution in [0.5, 0.6) is 0 Å². The van der Waals surface area contributed by atoms with E-state index in [9.17, 15) is 0 Å². The summed E-state index contributed by atoms with van der Waals surface area (Å²) >= 11 is 0. The third kappa shape index (κ3) is 5.28. The van der Waals surface area contributed by atoms with E-state index in [0.29, 0.717) is 0 Å². The van der Waals surface area contributed by atoms with Gasteiger partial charge in [0.05, 0.1) is 12.2 Å². The molecule has 0 saturated carbocycles. The molecule has 0 amide bonds. The molecule has 37 heavy (non-hydrogen) atoms. The maximum Gasteiger partial charge on any atom is 0.192 e. The number of benzene rings is 2. The molecule has 2 nitrogen and oxygen atoms in total. The van der Waals surface area contributed by atoms with Crippen LogP contribution in [-0.2, 0) is 21.7 Å². The van der Waals surface area contributed by atoms with Crippen LogP contribution in [0.4, 0.5) is 0 Å². The number of rotatable bonds is 6. The Kier molecular flexibility index (Phi) is 7.51. The Morgan fingerprint density at radius 3 is 1.27 bits per heavy atom. The van der Waals surface area contributed by atoms with Gasteiger partial charge in [-0.25, -0.2) is 0 Å². The predicted molar refractivity (Wildman–Crippen MR) is 168 cm³/mol. The Morgan fingerprint density at radius 1 is 0.595 bits per heavy atom. The van der Waals surface area contributed by atoms with Gasteiger partial charge in [0.1, 0.15) is 8.07 Å². The number of hydrogen-bond acceptors (Lipinski definition) is 2. The molecule has 0 heterocycles. The summed E-state index contributed by atoms with van der Waals surface area (Å²) in [7, 11) is -5.55. The van der Waals surface area contributed by atoms with Gasteiger partial charge in [-0.3, -0.25) is 0 Å². The van der Waals surface area contributed by atoms with Crippen molar-refractivity contribution in [3.05, 3.63) is 58.7 Å². The third-order valence-electron chi connectivity index (χ3n) is 10.3. The largest absolute Gasteiger partial charge is 0.410 e. The fourth-order valence-corrected chi connectivity index (χ4v) is 11.8. The fourth-order valence-electron chi connectivity index (χ4n) is 5.86. The van der Waals surface area contributed by atoms with Gasteiger partial charge in [0.2, 0.25) is 0 Å². The van der Waals surface area contributed by atoms with E-state index in [2.05, 4.69) is 117 Å². The standard InChI is InChI=1S/C32H52O2Si3/c1-31(2,3)36(9,10)33-27-21-19-25-23(27)15-13-17-29(25)35(7,8)30-18-14-16-24-26(30)20-22-28(24)34-37(11,12)32(4,5)6/h13-18,27-28H,19-22H2,1-12H3. The second-order valence-electron chi connectivity index (χ2n) is 15.2. The van der Waals surface area contributed by atoms with Crippen molar-refractivity contribution in [1.29, 1.82) is 0 Å². The highest BCUT2D eigenvalue weighted by molar-refractivity contribution is 7.01. The topological polar surface area (TPSA) is 18.5 Å². The van der Waals surface area contributed by atoms with E-state index in [-0.39, 0.29) is 22.3 Å². The molecule has 2 atom stereocenters. The van der Waals surface area contributed by atoms with Crippen molar-refractivity contribution in [1.82, 2.24) is 0 Å². The minimum Gasteiger partial charge on any atom is -0.410 e. The first-order chi connectivity index (χ1) is 16.9. The van der Waals surface area contributed by atoms with Gasteiger partial charge in [-0.05, 0) is 84.2 Å². The Bertz CT molecular complexity index is 1060. The summed E-state index contributed by atoms with van der Waals surface area (Å²) in [6.45, 7) is 28.8. The average Bonchev–Trinajstić information content (AvgIpc) is 3.35. The van der Waals surface area contributed by atoms with Crippen molar-refractivity contribution >= 4 is 35.1 Å². The van der Waals surface area contributed by atoms with Crippen LogP contribution >= 0.6 is 0 Å². The van der Waals surface area contributed by atoms with Crippen molar-refractivity contribution < 1.29 is 8.85 Å². The zero-order chi connectivity index (χ0) is 27.6. The Hall–Kier alpha value is -0.989. The third-order valence-corrected chi connectivity index (χ3v) is 22.9. The van der Waals surface area contributed by atoms with Gasteiger partial charge in [-0.15, -0.1) is 0 Å². The van der Waals surface area contributed by atoms with E-state index in [4.69, 9.17) is 8.85 Å². The molecule has 0 radical (unpaired) electrons. The molecule has 0 aromatic heterocycles. The number of hydrogen-bond donors (Lipinski definition) is 0. The van der Waals surface area contributed by atoms with Crippen molar-refractivity contribution in [2.75, 3.05) is 0 Å². The van der Waals surface area contributed by atoms with Crippen molar-refractivity contribution in [3.63, 3.8) is 0 Å². The van der Waals surface area contributed by atoms with Gasteiger partial charge in [0.25, 0.3) is 0 Å². The van der Waals surface area contributed by atoms with Crippen LogP contribution in [0.3, 0.4) is 0 Å². The Morgan fingerprint density at radius 2 is 0.946 bits per heavy atom. The molecule has 2 aliphatic carbocycles. The molecular weight excluding hydrogens is 501 g/mol. The molecule has 0 N–H and O–H groups in total. The van der Waals surface area contributed by atoms with Gasteiger partial charge in [-0.2, -0.15) is 0 Å². The molecule has 2 aromatic rings. The number of fused-ring (bicyclic) bond motifs is 2. The van der Waals surface area contributed by atoms with E-state index in [0.717, 1.165) is 25.7 Å². The van der Waals surface area contributed by atoms with Crippen LogP contribution in [0.15, 0.2) is 36.4 Å². The lowest BCUT2D eigenvalue weighted by Gasteiger charge is -2.39. The van der Waals surface area contributed by atoms with Gasteiger partial charge in [-0.1, -0.05) is 101 Å². The molecule has 0 saturated heterocycles. The summed E-state index contributed by atoms with van der Waals surface area (Å²) in [5.41, 5.74) is 6.12. The molecule has 0 fully saturated rings. The second kappa shape index (κ2) is 9.58. The van der Waals surface area contributed by atoms with E-state index in [1.807, 2.05) is 0 Å². The molecule has 2 aliphatic rings. The average molecular weight is 553 g/mol. The van der Waals surface area contributed by atoms with E-state index in [1.54, 1.807) is 21.5 Å². The minimum atomic E-state index is -1.91. The molecule has 0 bridgehead atoms. The highest BCUT2D eigenvalue weighted by Gasteiger charge is 2.44. The molecular formula is C32H52O2Si3. The smallest absolute Gasteiger partial charge is 0.192 e. The fraction of sp³-hybridized carbons (Fsp3) is 0.625. The quantitative estimate of drug-likeness (QED) is 0.334. The highest BCUT2D eigenvalue weighted by Crippen LogP contribution is 2.45. The first kappa shape index (κ1) is 29.0. The summed E-state index contributed by atoms with van der Waals surface area (Å²) in [4.78, 5) is 0. The lowest BCUT2D eigenvalue weighted by atomic mass is 10.1. The minimum absolute atomic E-state index is 0.231. The highest BCUT2D eigenvalue weighted by atomic mass is 28.4. The predicted octanol–water partition coefficient (Wildman–Crippen LogP) is 8.53.